The molecule has 1 atom stereocenters. The zero-order valence-corrected chi connectivity index (χ0v) is 11.0. The van der Waals surface area contributed by atoms with Gasteiger partial charge in [0.25, 0.3) is 0 Å². The van der Waals surface area contributed by atoms with E-state index in [1.165, 1.54) is 38.5 Å². The fraction of sp³-hybridized carbons (Fsp3) is 0.769. The van der Waals surface area contributed by atoms with Gasteiger partial charge >= 0.3 is 5.97 Å². The lowest BCUT2D eigenvalue weighted by molar-refractivity contribution is -0.139. The summed E-state index contributed by atoms with van der Waals surface area (Å²) >= 11 is 5.83. The van der Waals surface area contributed by atoms with Gasteiger partial charge in [-0.2, -0.15) is 0 Å². The van der Waals surface area contributed by atoms with Crippen LogP contribution < -0.4 is 0 Å². The van der Waals surface area contributed by atoms with Crippen molar-refractivity contribution in [2.45, 2.75) is 63.9 Å². The molecule has 0 fully saturated rings. The Morgan fingerprint density at radius 2 is 1.81 bits per heavy atom. The molecule has 0 saturated carbocycles. The second kappa shape index (κ2) is 11.0. The van der Waals surface area contributed by atoms with E-state index in [-0.39, 0.29) is 0 Å². The van der Waals surface area contributed by atoms with Crippen LogP contribution in [0.4, 0.5) is 0 Å². The molecule has 0 aromatic rings. The molecule has 0 saturated heterocycles. The summed E-state index contributed by atoms with van der Waals surface area (Å²) in [5, 5.41) is 0. The lowest BCUT2D eigenvalue weighted by atomic mass is 10.1. The topological polar surface area (TPSA) is 26.3 Å². The SMILES string of the molecule is C=CC(=O)OC(Cl)CCCCCCCCC. The van der Waals surface area contributed by atoms with Crippen LogP contribution >= 0.6 is 11.6 Å². The van der Waals surface area contributed by atoms with Gasteiger partial charge in [0.05, 0.1) is 0 Å². The highest BCUT2D eigenvalue weighted by molar-refractivity contribution is 6.20. The summed E-state index contributed by atoms with van der Waals surface area (Å²) in [6.45, 7) is 5.53. The minimum atomic E-state index is -0.499. The molecule has 0 heterocycles. The fourth-order valence-corrected chi connectivity index (χ4v) is 1.74. The Morgan fingerprint density at radius 3 is 2.38 bits per heavy atom. The minimum absolute atomic E-state index is 0.442. The van der Waals surface area contributed by atoms with E-state index in [9.17, 15) is 4.79 Å². The van der Waals surface area contributed by atoms with Crippen LogP contribution in [-0.2, 0) is 9.53 Å². The van der Waals surface area contributed by atoms with E-state index >= 15 is 0 Å². The number of carbonyl (C=O) groups excluding carboxylic acids is 1. The van der Waals surface area contributed by atoms with Crippen LogP contribution in [0.5, 0.6) is 0 Å². The maximum absolute atomic E-state index is 10.8. The van der Waals surface area contributed by atoms with Gasteiger partial charge in [-0.3, -0.25) is 0 Å². The maximum Gasteiger partial charge on any atom is 0.331 e. The van der Waals surface area contributed by atoms with Crippen molar-refractivity contribution >= 4 is 17.6 Å². The molecular formula is C13H23ClO2. The monoisotopic (exact) mass is 246 g/mol. The molecule has 0 bridgehead atoms. The van der Waals surface area contributed by atoms with Crippen LogP contribution in [0.15, 0.2) is 12.7 Å². The molecule has 0 rings (SSSR count). The standard InChI is InChI=1S/C13H23ClO2/c1-3-5-6-7-8-9-10-11-12(14)16-13(15)4-2/h4,12H,2-3,5-11H2,1H3. The Hall–Kier alpha value is -0.500. The molecule has 0 aliphatic heterocycles. The van der Waals surface area contributed by atoms with Crippen LogP contribution in [0.3, 0.4) is 0 Å². The summed E-state index contributed by atoms with van der Waals surface area (Å²) in [6.07, 6.45) is 10.5. The third-order valence-electron chi connectivity index (χ3n) is 2.45. The molecule has 0 aliphatic carbocycles. The highest BCUT2D eigenvalue weighted by atomic mass is 35.5. The van der Waals surface area contributed by atoms with Crippen LogP contribution in [-0.4, -0.2) is 11.5 Å². The van der Waals surface area contributed by atoms with E-state index in [1.807, 2.05) is 0 Å². The van der Waals surface area contributed by atoms with E-state index in [0.29, 0.717) is 0 Å². The van der Waals surface area contributed by atoms with Crippen LogP contribution in [0, 0.1) is 0 Å². The van der Waals surface area contributed by atoms with Gasteiger partial charge < -0.3 is 4.74 Å². The first-order valence-electron chi connectivity index (χ1n) is 6.17. The van der Waals surface area contributed by atoms with Gasteiger partial charge in [-0.05, 0) is 12.8 Å². The number of unbranched alkanes of at least 4 members (excludes halogenated alkanes) is 6. The predicted octanol–water partition coefficient (Wildman–Crippen LogP) is 4.42. The molecule has 94 valence electrons. The number of esters is 1. The van der Waals surface area contributed by atoms with Crippen molar-refractivity contribution in [1.29, 1.82) is 0 Å². The van der Waals surface area contributed by atoms with Crippen molar-refractivity contribution in [3.05, 3.63) is 12.7 Å². The molecule has 0 spiro atoms. The number of carbonyl (C=O) groups is 1. The summed E-state index contributed by atoms with van der Waals surface area (Å²) in [5.41, 5.74) is -0.499. The van der Waals surface area contributed by atoms with E-state index in [1.54, 1.807) is 0 Å². The third-order valence-corrected chi connectivity index (χ3v) is 2.75. The average Bonchev–Trinajstić information content (AvgIpc) is 2.27. The van der Waals surface area contributed by atoms with Crippen molar-refractivity contribution in [3.63, 3.8) is 0 Å². The van der Waals surface area contributed by atoms with E-state index in [4.69, 9.17) is 16.3 Å². The summed E-state index contributed by atoms with van der Waals surface area (Å²) in [6, 6.07) is 0. The van der Waals surface area contributed by atoms with Gasteiger partial charge in [0.2, 0.25) is 0 Å². The van der Waals surface area contributed by atoms with Crippen LogP contribution in [0.1, 0.15) is 58.3 Å². The number of halogens is 1. The molecule has 0 aliphatic rings. The Labute approximate surface area is 104 Å². The smallest absolute Gasteiger partial charge is 0.331 e. The van der Waals surface area contributed by atoms with Crippen molar-refractivity contribution < 1.29 is 9.53 Å². The van der Waals surface area contributed by atoms with Gasteiger partial charge in [-0.1, -0.05) is 63.6 Å². The van der Waals surface area contributed by atoms with E-state index in [2.05, 4.69) is 13.5 Å². The molecule has 16 heavy (non-hydrogen) atoms. The Kier molecular flexibility index (Phi) is 10.7. The highest BCUT2D eigenvalue weighted by Gasteiger charge is 2.07. The highest BCUT2D eigenvalue weighted by Crippen LogP contribution is 2.13. The van der Waals surface area contributed by atoms with Crippen molar-refractivity contribution in [2.24, 2.45) is 0 Å². The lowest BCUT2D eigenvalue weighted by Gasteiger charge is -2.09. The zero-order chi connectivity index (χ0) is 12.2. The first-order valence-corrected chi connectivity index (χ1v) is 6.61. The van der Waals surface area contributed by atoms with Crippen LogP contribution in [0.2, 0.25) is 0 Å². The van der Waals surface area contributed by atoms with Gasteiger partial charge in [0.15, 0.2) is 5.56 Å². The van der Waals surface area contributed by atoms with Gasteiger partial charge in [0, 0.05) is 6.08 Å². The van der Waals surface area contributed by atoms with Gasteiger partial charge in [-0.15, -0.1) is 0 Å². The number of rotatable bonds is 10. The Morgan fingerprint density at radius 1 is 1.25 bits per heavy atom. The van der Waals surface area contributed by atoms with E-state index < -0.39 is 11.5 Å². The van der Waals surface area contributed by atoms with Crippen molar-refractivity contribution in [2.75, 3.05) is 0 Å². The number of hydrogen-bond acceptors (Lipinski definition) is 2. The summed E-state index contributed by atoms with van der Waals surface area (Å²) in [5.74, 6) is -0.442. The average molecular weight is 247 g/mol. The normalized spacial score (nSPS) is 12.1. The fourth-order valence-electron chi connectivity index (χ4n) is 1.50. The summed E-state index contributed by atoms with van der Waals surface area (Å²) in [4.78, 5) is 10.8. The third kappa shape index (κ3) is 10.0. The quantitative estimate of drug-likeness (QED) is 0.247. The Balaban J connectivity index is 3.24. The predicted molar refractivity (Wildman–Crippen MR) is 68.5 cm³/mol. The molecular weight excluding hydrogens is 224 g/mol. The number of ether oxygens (including phenoxy) is 1. The lowest BCUT2D eigenvalue weighted by Crippen LogP contribution is -2.09. The van der Waals surface area contributed by atoms with E-state index in [0.717, 1.165) is 18.9 Å². The number of hydrogen-bond donors (Lipinski definition) is 0. The second-order valence-electron chi connectivity index (χ2n) is 3.96. The van der Waals surface area contributed by atoms with Crippen LogP contribution in [0.25, 0.3) is 0 Å². The van der Waals surface area contributed by atoms with Gasteiger partial charge in [-0.25, -0.2) is 4.79 Å². The number of alkyl halides is 1. The molecule has 2 nitrogen and oxygen atoms in total. The first kappa shape index (κ1) is 15.5. The summed E-state index contributed by atoms with van der Waals surface area (Å²) < 4.78 is 4.85. The summed E-state index contributed by atoms with van der Waals surface area (Å²) in [7, 11) is 0. The second-order valence-corrected chi connectivity index (χ2v) is 4.45. The molecule has 0 N–H and O–H groups in total. The molecule has 3 heteroatoms. The molecule has 0 amide bonds. The van der Waals surface area contributed by atoms with Crippen molar-refractivity contribution in [3.8, 4) is 0 Å². The minimum Gasteiger partial charge on any atom is -0.443 e. The molecule has 1 unspecified atom stereocenters. The largest absolute Gasteiger partial charge is 0.443 e. The molecule has 0 aromatic carbocycles. The van der Waals surface area contributed by atoms with Gasteiger partial charge in [0.1, 0.15) is 0 Å². The van der Waals surface area contributed by atoms with Crippen molar-refractivity contribution in [1.82, 2.24) is 0 Å². The maximum atomic E-state index is 10.8. The Bertz CT molecular complexity index is 192. The zero-order valence-electron chi connectivity index (χ0n) is 10.2. The first-order chi connectivity index (χ1) is 7.70. The molecule has 0 aromatic heterocycles. The molecule has 0 radical (unpaired) electrons.